The van der Waals surface area contributed by atoms with Crippen molar-refractivity contribution in [2.24, 2.45) is 17.1 Å². The van der Waals surface area contributed by atoms with Crippen LogP contribution in [0.25, 0.3) is 0 Å². The second kappa shape index (κ2) is 3.72. The minimum absolute atomic E-state index is 0.000111. The zero-order valence-electron chi connectivity index (χ0n) is 10.1. The van der Waals surface area contributed by atoms with Crippen LogP contribution in [0.15, 0.2) is 0 Å². The van der Waals surface area contributed by atoms with E-state index < -0.39 is 0 Å². The van der Waals surface area contributed by atoms with Gasteiger partial charge >= 0.3 is 0 Å². The monoisotopic (exact) mass is 239 g/mol. The van der Waals surface area contributed by atoms with Crippen molar-refractivity contribution in [2.75, 3.05) is 26.2 Å². The van der Waals surface area contributed by atoms with Crippen LogP contribution < -0.4 is 5.73 Å². The molecule has 2 heterocycles. The fourth-order valence-corrected chi connectivity index (χ4v) is 2.86. The summed E-state index contributed by atoms with van der Waals surface area (Å²) in [6, 6.07) is 0. The topological polar surface area (TPSA) is 83.7 Å². The Balaban J connectivity index is 2.14. The lowest BCUT2D eigenvalue weighted by atomic mass is 9.71. The molecule has 0 radical (unpaired) electrons. The van der Waals surface area contributed by atoms with Gasteiger partial charge in [-0.05, 0) is 0 Å². The number of carbonyl (C=O) groups is 3. The lowest BCUT2D eigenvalue weighted by Crippen LogP contribution is -2.63. The minimum atomic E-state index is -0.378. The van der Waals surface area contributed by atoms with Crippen LogP contribution in [0.5, 0.6) is 0 Å². The molecule has 94 valence electrons. The first kappa shape index (κ1) is 11.9. The van der Waals surface area contributed by atoms with Crippen LogP contribution in [0.1, 0.15) is 13.8 Å². The van der Waals surface area contributed by atoms with E-state index in [2.05, 4.69) is 0 Å². The molecule has 0 aromatic rings. The van der Waals surface area contributed by atoms with E-state index in [1.807, 2.05) is 0 Å². The van der Waals surface area contributed by atoms with E-state index >= 15 is 0 Å². The maximum absolute atomic E-state index is 11.4. The van der Waals surface area contributed by atoms with Crippen LogP contribution in [0.3, 0.4) is 0 Å². The molecule has 2 aliphatic rings. The molecule has 2 rings (SSSR count). The third-order valence-electron chi connectivity index (χ3n) is 3.89. The number of amides is 3. The molecule has 6 heteroatoms. The Kier molecular flexibility index (Phi) is 2.60. The van der Waals surface area contributed by atoms with E-state index in [1.165, 1.54) is 13.8 Å². The Labute approximate surface area is 99.7 Å². The predicted octanol–water partition coefficient (Wildman–Crippen LogP) is -1.20. The lowest BCUT2D eigenvalue weighted by molar-refractivity contribution is -0.147. The van der Waals surface area contributed by atoms with Gasteiger partial charge < -0.3 is 15.5 Å². The molecule has 2 saturated heterocycles. The first-order valence-electron chi connectivity index (χ1n) is 5.66. The SMILES string of the molecule is CC(=O)N1C[C@@H](C(N)=O)C2(C1)CN(C(C)=O)C2. The predicted molar refractivity (Wildman–Crippen MR) is 59.6 cm³/mol. The van der Waals surface area contributed by atoms with Crippen LogP contribution in [-0.2, 0) is 14.4 Å². The van der Waals surface area contributed by atoms with Crippen molar-refractivity contribution in [3.8, 4) is 0 Å². The number of rotatable bonds is 1. The van der Waals surface area contributed by atoms with Gasteiger partial charge in [0.25, 0.3) is 0 Å². The first-order valence-corrected chi connectivity index (χ1v) is 5.66. The van der Waals surface area contributed by atoms with Gasteiger partial charge in [-0.1, -0.05) is 0 Å². The zero-order chi connectivity index (χ0) is 12.8. The van der Waals surface area contributed by atoms with Gasteiger partial charge in [-0.2, -0.15) is 0 Å². The van der Waals surface area contributed by atoms with Gasteiger partial charge in [-0.15, -0.1) is 0 Å². The number of carbonyl (C=O) groups excluding carboxylic acids is 3. The summed E-state index contributed by atoms with van der Waals surface area (Å²) in [7, 11) is 0. The molecule has 6 nitrogen and oxygen atoms in total. The summed E-state index contributed by atoms with van der Waals surface area (Å²) in [6.45, 7) is 4.96. The second-order valence-electron chi connectivity index (χ2n) is 5.09. The molecule has 1 atom stereocenters. The quantitative estimate of drug-likeness (QED) is 0.623. The van der Waals surface area contributed by atoms with Crippen LogP contribution in [0.4, 0.5) is 0 Å². The van der Waals surface area contributed by atoms with Crippen LogP contribution in [0.2, 0.25) is 0 Å². The molecular formula is C11H17N3O3. The molecule has 1 spiro atoms. The molecule has 17 heavy (non-hydrogen) atoms. The summed E-state index contributed by atoms with van der Waals surface area (Å²) >= 11 is 0. The number of primary amides is 1. The van der Waals surface area contributed by atoms with E-state index in [0.29, 0.717) is 26.2 Å². The molecule has 2 fully saturated rings. The Bertz CT molecular complexity index is 387. The van der Waals surface area contributed by atoms with Gasteiger partial charge in [-0.3, -0.25) is 14.4 Å². The Morgan fingerprint density at radius 1 is 1.06 bits per heavy atom. The number of hydrogen-bond donors (Lipinski definition) is 1. The average Bonchev–Trinajstić information content (AvgIpc) is 2.54. The Morgan fingerprint density at radius 3 is 1.94 bits per heavy atom. The van der Waals surface area contributed by atoms with Gasteiger partial charge in [0, 0.05) is 45.4 Å². The molecule has 0 saturated carbocycles. The zero-order valence-corrected chi connectivity index (χ0v) is 10.1. The van der Waals surface area contributed by atoms with Crippen LogP contribution in [0, 0.1) is 11.3 Å². The molecule has 2 N–H and O–H groups in total. The molecule has 2 aliphatic heterocycles. The van der Waals surface area contributed by atoms with Gasteiger partial charge in [0.05, 0.1) is 5.92 Å². The summed E-state index contributed by atoms with van der Waals surface area (Å²) in [5.41, 5.74) is 5.08. The molecule has 0 unspecified atom stereocenters. The molecule has 0 aromatic heterocycles. The molecule has 0 aliphatic carbocycles. The van der Waals surface area contributed by atoms with Crippen molar-refractivity contribution in [3.63, 3.8) is 0 Å². The number of likely N-dealkylation sites (tertiary alicyclic amines) is 2. The Morgan fingerprint density at radius 2 is 1.53 bits per heavy atom. The first-order chi connectivity index (χ1) is 7.85. The van der Waals surface area contributed by atoms with E-state index in [1.54, 1.807) is 9.80 Å². The maximum Gasteiger partial charge on any atom is 0.223 e. The fourth-order valence-electron chi connectivity index (χ4n) is 2.86. The maximum atomic E-state index is 11.4. The molecule has 0 aromatic carbocycles. The average molecular weight is 239 g/mol. The number of hydrogen-bond acceptors (Lipinski definition) is 3. The smallest absolute Gasteiger partial charge is 0.223 e. The van der Waals surface area contributed by atoms with Crippen molar-refractivity contribution >= 4 is 17.7 Å². The van der Waals surface area contributed by atoms with Crippen molar-refractivity contribution in [2.45, 2.75) is 13.8 Å². The lowest BCUT2D eigenvalue weighted by Gasteiger charge is -2.49. The third-order valence-corrected chi connectivity index (χ3v) is 3.89. The van der Waals surface area contributed by atoms with Crippen molar-refractivity contribution in [3.05, 3.63) is 0 Å². The van der Waals surface area contributed by atoms with Gasteiger partial charge in [0.15, 0.2) is 0 Å². The van der Waals surface area contributed by atoms with E-state index in [9.17, 15) is 14.4 Å². The molecule has 3 amide bonds. The summed E-state index contributed by atoms with van der Waals surface area (Å²) in [5.74, 6) is -0.756. The number of nitrogens with zero attached hydrogens (tertiary/aromatic N) is 2. The highest BCUT2D eigenvalue weighted by Crippen LogP contribution is 2.43. The summed E-state index contributed by atoms with van der Waals surface area (Å²) in [4.78, 5) is 37.3. The summed E-state index contributed by atoms with van der Waals surface area (Å²) < 4.78 is 0. The highest BCUT2D eigenvalue weighted by Gasteiger charge is 2.57. The highest BCUT2D eigenvalue weighted by atomic mass is 16.2. The summed E-state index contributed by atoms with van der Waals surface area (Å²) in [6.07, 6.45) is 0. The standard InChI is InChI=1S/C11H17N3O3/c1-7(15)13-3-9(10(12)17)11(4-13)5-14(6-11)8(2)16/h9H,3-6H2,1-2H3,(H2,12,17)/t9-/m0/s1. The Hall–Kier alpha value is -1.59. The van der Waals surface area contributed by atoms with Gasteiger partial charge in [0.1, 0.15) is 0 Å². The van der Waals surface area contributed by atoms with Crippen LogP contribution >= 0.6 is 0 Å². The van der Waals surface area contributed by atoms with Gasteiger partial charge in [-0.25, -0.2) is 0 Å². The normalized spacial score (nSPS) is 25.9. The van der Waals surface area contributed by atoms with E-state index in [-0.39, 0.29) is 29.1 Å². The van der Waals surface area contributed by atoms with Crippen LogP contribution in [-0.4, -0.2) is 53.7 Å². The second-order valence-corrected chi connectivity index (χ2v) is 5.09. The minimum Gasteiger partial charge on any atom is -0.369 e. The molecule has 0 bridgehead atoms. The van der Waals surface area contributed by atoms with E-state index in [0.717, 1.165) is 0 Å². The van der Waals surface area contributed by atoms with Gasteiger partial charge in [0.2, 0.25) is 17.7 Å². The van der Waals surface area contributed by atoms with Crippen molar-refractivity contribution in [1.82, 2.24) is 9.80 Å². The fraction of sp³-hybridized carbons (Fsp3) is 0.727. The third kappa shape index (κ3) is 1.77. The molecular weight excluding hydrogens is 222 g/mol. The summed E-state index contributed by atoms with van der Waals surface area (Å²) in [5, 5.41) is 0. The van der Waals surface area contributed by atoms with Crippen molar-refractivity contribution < 1.29 is 14.4 Å². The number of nitrogens with two attached hydrogens (primary N) is 1. The largest absolute Gasteiger partial charge is 0.369 e. The van der Waals surface area contributed by atoms with E-state index in [4.69, 9.17) is 5.73 Å². The van der Waals surface area contributed by atoms with Crippen molar-refractivity contribution in [1.29, 1.82) is 0 Å². The highest BCUT2D eigenvalue weighted by molar-refractivity contribution is 5.82.